The lowest BCUT2D eigenvalue weighted by molar-refractivity contribution is -0.183. The Bertz CT molecular complexity index is 633. The number of aromatic nitrogens is 2. The number of para-hydroxylation sites is 1. The van der Waals surface area contributed by atoms with Crippen molar-refractivity contribution in [2.45, 2.75) is 44.3 Å². The lowest BCUT2D eigenvalue weighted by Gasteiger charge is -2.29. The third-order valence-electron chi connectivity index (χ3n) is 4.36. The van der Waals surface area contributed by atoms with E-state index in [0.717, 1.165) is 23.0 Å². The summed E-state index contributed by atoms with van der Waals surface area (Å²) >= 11 is 0. The predicted molar refractivity (Wildman–Crippen MR) is 74.7 cm³/mol. The molecule has 1 aromatic carbocycles. The van der Waals surface area contributed by atoms with Crippen molar-refractivity contribution in [3.05, 3.63) is 29.6 Å². The fourth-order valence-electron chi connectivity index (χ4n) is 3.20. The third-order valence-corrected chi connectivity index (χ3v) is 4.36. The first-order chi connectivity index (χ1) is 9.99. The summed E-state index contributed by atoms with van der Waals surface area (Å²) in [5, 5.41) is 0. The van der Waals surface area contributed by atoms with Gasteiger partial charge in [-0.1, -0.05) is 18.6 Å². The first-order valence-corrected chi connectivity index (χ1v) is 7.23. The zero-order valence-electron chi connectivity index (χ0n) is 11.6. The van der Waals surface area contributed by atoms with Crippen LogP contribution < -0.4 is 5.73 Å². The minimum atomic E-state index is -4.10. The normalized spacial score (nSPS) is 23.6. The van der Waals surface area contributed by atoms with Crippen molar-refractivity contribution in [1.82, 2.24) is 9.97 Å². The maximum Gasteiger partial charge on any atom is 0.391 e. The molecular weight excluding hydrogens is 279 g/mol. The first kappa shape index (κ1) is 14.4. The van der Waals surface area contributed by atoms with Gasteiger partial charge in [0.2, 0.25) is 0 Å². The van der Waals surface area contributed by atoms with Gasteiger partial charge < -0.3 is 10.7 Å². The van der Waals surface area contributed by atoms with Crippen LogP contribution in [-0.2, 0) is 6.54 Å². The molecule has 0 radical (unpaired) electrons. The van der Waals surface area contributed by atoms with E-state index in [1.807, 2.05) is 18.2 Å². The summed E-state index contributed by atoms with van der Waals surface area (Å²) in [6.45, 7) is 0.372. The van der Waals surface area contributed by atoms with Gasteiger partial charge >= 0.3 is 6.18 Å². The number of benzene rings is 1. The molecule has 3 rings (SSSR count). The van der Waals surface area contributed by atoms with Crippen LogP contribution in [0.25, 0.3) is 11.0 Å². The van der Waals surface area contributed by atoms with E-state index in [-0.39, 0.29) is 18.8 Å². The summed E-state index contributed by atoms with van der Waals surface area (Å²) in [5.41, 5.74) is 8.23. The van der Waals surface area contributed by atoms with Gasteiger partial charge in [0.15, 0.2) is 0 Å². The Hall–Kier alpha value is -1.56. The molecule has 2 aromatic rings. The maximum atomic E-state index is 12.9. The Morgan fingerprint density at radius 3 is 2.81 bits per heavy atom. The second-order valence-corrected chi connectivity index (χ2v) is 5.74. The van der Waals surface area contributed by atoms with Crippen LogP contribution in [0, 0.1) is 5.92 Å². The van der Waals surface area contributed by atoms with E-state index in [2.05, 4.69) is 9.97 Å². The average Bonchev–Trinajstić information content (AvgIpc) is 2.90. The summed E-state index contributed by atoms with van der Waals surface area (Å²) in [7, 11) is 0. The van der Waals surface area contributed by atoms with E-state index in [0.29, 0.717) is 18.8 Å². The van der Waals surface area contributed by atoms with Crippen molar-refractivity contribution < 1.29 is 13.2 Å². The molecule has 2 unspecified atom stereocenters. The van der Waals surface area contributed by atoms with Gasteiger partial charge in [-0.15, -0.1) is 0 Å². The van der Waals surface area contributed by atoms with E-state index >= 15 is 0 Å². The zero-order chi connectivity index (χ0) is 15.0. The molecule has 0 bridgehead atoms. The van der Waals surface area contributed by atoms with Crippen LogP contribution >= 0.6 is 0 Å². The molecule has 6 heteroatoms. The quantitative estimate of drug-likeness (QED) is 0.884. The maximum absolute atomic E-state index is 12.9. The minimum absolute atomic E-state index is 0.126. The van der Waals surface area contributed by atoms with Crippen molar-refractivity contribution in [1.29, 1.82) is 0 Å². The molecule has 3 nitrogen and oxygen atoms in total. The summed E-state index contributed by atoms with van der Waals surface area (Å²) in [6.07, 6.45) is -2.40. The molecule has 21 heavy (non-hydrogen) atoms. The molecule has 1 aromatic heterocycles. The smallest absolute Gasteiger partial charge is 0.342 e. The second kappa shape index (κ2) is 5.33. The number of H-pyrrole nitrogens is 1. The lowest BCUT2D eigenvalue weighted by Crippen LogP contribution is -2.28. The summed E-state index contributed by atoms with van der Waals surface area (Å²) in [5.74, 6) is -0.693. The van der Waals surface area contributed by atoms with Crippen LogP contribution in [0.5, 0.6) is 0 Å². The molecule has 1 aliphatic carbocycles. The largest absolute Gasteiger partial charge is 0.391 e. The third kappa shape index (κ3) is 2.77. The van der Waals surface area contributed by atoms with E-state index in [1.54, 1.807) is 0 Å². The van der Waals surface area contributed by atoms with Crippen LogP contribution in [0.1, 0.15) is 43.0 Å². The van der Waals surface area contributed by atoms with E-state index in [1.165, 1.54) is 0 Å². The average molecular weight is 297 g/mol. The van der Waals surface area contributed by atoms with Crippen LogP contribution in [0.3, 0.4) is 0 Å². The highest BCUT2D eigenvalue weighted by atomic mass is 19.4. The molecule has 1 heterocycles. The summed E-state index contributed by atoms with van der Waals surface area (Å²) in [4.78, 5) is 7.70. The van der Waals surface area contributed by atoms with Crippen LogP contribution in [0.15, 0.2) is 18.2 Å². The van der Waals surface area contributed by atoms with Crippen molar-refractivity contribution >= 4 is 11.0 Å². The number of nitrogens with one attached hydrogen (secondary N) is 1. The lowest BCUT2D eigenvalue weighted by atomic mass is 9.80. The topological polar surface area (TPSA) is 54.7 Å². The molecule has 114 valence electrons. The van der Waals surface area contributed by atoms with E-state index < -0.39 is 12.1 Å². The number of imidazole rings is 1. The zero-order valence-corrected chi connectivity index (χ0v) is 11.6. The Kier molecular flexibility index (Phi) is 3.65. The molecule has 1 saturated carbocycles. The molecule has 0 saturated heterocycles. The highest BCUT2D eigenvalue weighted by molar-refractivity contribution is 5.78. The van der Waals surface area contributed by atoms with Crippen molar-refractivity contribution in [3.8, 4) is 0 Å². The van der Waals surface area contributed by atoms with Gasteiger partial charge in [-0.25, -0.2) is 4.98 Å². The second-order valence-electron chi connectivity index (χ2n) is 5.74. The minimum Gasteiger partial charge on any atom is -0.342 e. The van der Waals surface area contributed by atoms with Gasteiger partial charge in [-0.05, 0) is 30.9 Å². The van der Waals surface area contributed by atoms with E-state index in [9.17, 15) is 13.2 Å². The number of nitrogens with zero attached hydrogens (tertiary/aromatic N) is 1. The number of halogens is 3. The molecule has 1 aliphatic rings. The van der Waals surface area contributed by atoms with Gasteiger partial charge in [0.25, 0.3) is 0 Å². The van der Waals surface area contributed by atoms with Crippen LogP contribution in [0.4, 0.5) is 13.2 Å². The summed E-state index contributed by atoms with van der Waals surface area (Å²) < 4.78 is 38.7. The molecule has 2 atom stereocenters. The molecule has 0 aliphatic heterocycles. The van der Waals surface area contributed by atoms with Gasteiger partial charge in [-0.2, -0.15) is 13.2 Å². The van der Waals surface area contributed by atoms with Gasteiger partial charge in [0.1, 0.15) is 5.82 Å². The monoisotopic (exact) mass is 297 g/mol. The summed E-state index contributed by atoms with van der Waals surface area (Å²) in [6, 6.07) is 5.66. The number of hydrogen-bond acceptors (Lipinski definition) is 2. The van der Waals surface area contributed by atoms with Crippen molar-refractivity contribution in [2.75, 3.05) is 0 Å². The van der Waals surface area contributed by atoms with Crippen LogP contribution in [-0.4, -0.2) is 16.1 Å². The fraction of sp³-hybridized carbons (Fsp3) is 0.533. The number of alkyl halides is 3. The predicted octanol–water partition coefficient (Wildman–Crippen LogP) is 3.86. The Morgan fingerprint density at radius 1 is 1.29 bits per heavy atom. The van der Waals surface area contributed by atoms with Gasteiger partial charge in [-0.3, -0.25) is 0 Å². The number of fused-ring (bicyclic) bond motifs is 1. The Morgan fingerprint density at radius 2 is 2.10 bits per heavy atom. The van der Waals surface area contributed by atoms with Gasteiger partial charge in [0.05, 0.1) is 17.0 Å². The standard InChI is InChI=1S/C15H18F3N3/c16-15(17,18)11-5-1-3-9(7-11)14-20-12-6-2-4-10(8-19)13(12)21-14/h2,4,6,9,11H,1,3,5,7-8,19H2,(H,20,21). The van der Waals surface area contributed by atoms with E-state index in [4.69, 9.17) is 5.73 Å². The van der Waals surface area contributed by atoms with Gasteiger partial charge in [0, 0.05) is 12.5 Å². The Balaban J connectivity index is 1.90. The van der Waals surface area contributed by atoms with Crippen molar-refractivity contribution in [2.24, 2.45) is 11.7 Å². The number of hydrogen-bond donors (Lipinski definition) is 2. The molecule has 3 N–H and O–H groups in total. The highest BCUT2D eigenvalue weighted by Crippen LogP contribution is 2.43. The molecule has 0 spiro atoms. The first-order valence-electron chi connectivity index (χ1n) is 7.23. The fourth-order valence-corrected chi connectivity index (χ4v) is 3.20. The van der Waals surface area contributed by atoms with Crippen molar-refractivity contribution in [3.63, 3.8) is 0 Å². The SMILES string of the molecule is NCc1cccc2[nH]c(C3CCCC(C(F)(F)F)C3)nc12. The number of aromatic amines is 1. The van der Waals surface area contributed by atoms with Crippen LogP contribution in [0.2, 0.25) is 0 Å². The molecule has 1 fully saturated rings. The number of nitrogens with two attached hydrogens (primary N) is 1. The Labute approximate surface area is 120 Å². The molecule has 0 amide bonds. The number of rotatable bonds is 2. The highest BCUT2D eigenvalue weighted by Gasteiger charge is 2.42. The molecular formula is C15H18F3N3.